The fourth-order valence-electron chi connectivity index (χ4n) is 4.38. The number of nitrogens with zero attached hydrogens (tertiary/aromatic N) is 1. The lowest BCUT2D eigenvalue weighted by molar-refractivity contribution is 0.547. The van der Waals surface area contributed by atoms with Crippen molar-refractivity contribution < 1.29 is 0 Å². The first-order valence-electron chi connectivity index (χ1n) is 8.65. The van der Waals surface area contributed by atoms with E-state index in [4.69, 9.17) is 4.98 Å². The molecular weight excluding hydrogens is 278 g/mol. The Hall–Kier alpha value is -2.15. The Bertz CT molecular complexity index is 878. The van der Waals surface area contributed by atoms with Crippen LogP contribution < -0.4 is 0 Å². The lowest BCUT2D eigenvalue weighted by atomic mass is 9.88. The molecule has 116 valence electrons. The molecule has 4 rings (SSSR count). The minimum atomic E-state index is 0.673. The highest BCUT2D eigenvalue weighted by molar-refractivity contribution is 6.06. The van der Waals surface area contributed by atoms with Crippen molar-refractivity contribution in [3.63, 3.8) is 0 Å². The summed E-state index contributed by atoms with van der Waals surface area (Å²) in [6.45, 7) is 6.13. The topological polar surface area (TPSA) is 12.9 Å². The minimum absolute atomic E-state index is 0.673. The second kappa shape index (κ2) is 5.81. The minimum Gasteiger partial charge on any atom is -0.255 e. The van der Waals surface area contributed by atoms with Gasteiger partial charge in [0, 0.05) is 17.0 Å². The number of benzene rings is 2. The smallest absolute Gasteiger partial charge is 0.0783 e. The summed E-state index contributed by atoms with van der Waals surface area (Å²) in [5.41, 5.74) is 4.04. The van der Waals surface area contributed by atoms with Crippen LogP contribution in [0.15, 0.2) is 55.3 Å². The number of allylic oxidation sites excluding steroid dienone is 1. The molecule has 1 aliphatic carbocycles. The predicted octanol–water partition coefficient (Wildman–Crippen LogP) is 6.16. The van der Waals surface area contributed by atoms with Crippen molar-refractivity contribution in [1.82, 2.24) is 4.98 Å². The van der Waals surface area contributed by atoms with Crippen molar-refractivity contribution in [2.75, 3.05) is 0 Å². The highest BCUT2D eigenvalue weighted by Crippen LogP contribution is 2.43. The van der Waals surface area contributed by atoms with Gasteiger partial charge in [-0.05, 0) is 61.0 Å². The summed E-state index contributed by atoms with van der Waals surface area (Å²) in [6.07, 6.45) is 9.22. The monoisotopic (exact) mass is 301 g/mol. The zero-order chi connectivity index (χ0) is 15.8. The van der Waals surface area contributed by atoms with Crippen LogP contribution in [0, 0.1) is 12.8 Å². The summed E-state index contributed by atoms with van der Waals surface area (Å²) in [5.74, 6) is 1.48. The summed E-state index contributed by atoms with van der Waals surface area (Å²) in [6, 6.07) is 13.1. The molecule has 2 atom stereocenters. The number of hydrogen-bond donors (Lipinski definition) is 0. The maximum absolute atomic E-state index is 4.78. The zero-order valence-electron chi connectivity index (χ0n) is 13.8. The average molecular weight is 301 g/mol. The molecule has 0 N–H and O–H groups in total. The van der Waals surface area contributed by atoms with Crippen molar-refractivity contribution >= 4 is 21.7 Å². The van der Waals surface area contributed by atoms with E-state index in [1.54, 1.807) is 0 Å². The molecule has 0 saturated heterocycles. The molecule has 0 aliphatic heterocycles. The van der Waals surface area contributed by atoms with Crippen molar-refractivity contribution in [1.29, 1.82) is 0 Å². The van der Waals surface area contributed by atoms with Crippen LogP contribution in [-0.2, 0) is 0 Å². The highest BCUT2D eigenvalue weighted by atomic mass is 14.7. The van der Waals surface area contributed by atoms with Crippen LogP contribution in [0.2, 0.25) is 0 Å². The maximum atomic E-state index is 4.78. The normalized spacial score (nSPS) is 21.1. The van der Waals surface area contributed by atoms with Gasteiger partial charge in [0.25, 0.3) is 0 Å². The maximum Gasteiger partial charge on any atom is 0.0783 e. The Labute approximate surface area is 138 Å². The van der Waals surface area contributed by atoms with E-state index in [-0.39, 0.29) is 0 Å². The molecule has 1 heteroatoms. The van der Waals surface area contributed by atoms with Gasteiger partial charge in [0.1, 0.15) is 0 Å². The molecule has 2 unspecified atom stereocenters. The van der Waals surface area contributed by atoms with Gasteiger partial charge < -0.3 is 0 Å². The van der Waals surface area contributed by atoms with Crippen LogP contribution in [0.3, 0.4) is 0 Å². The fraction of sp³-hybridized carbons (Fsp3) is 0.318. The molecule has 1 nitrogen and oxygen atoms in total. The van der Waals surface area contributed by atoms with Gasteiger partial charge >= 0.3 is 0 Å². The molecule has 0 amide bonds. The Morgan fingerprint density at radius 1 is 1.13 bits per heavy atom. The average Bonchev–Trinajstić information content (AvgIpc) is 3.03. The first-order chi connectivity index (χ1) is 11.3. The molecule has 23 heavy (non-hydrogen) atoms. The molecule has 1 fully saturated rings. The van der Waals surface area contributed by atoms with Gasteiger partial charge in [-0.25, -0.2) is 0 Å². The number of aromatic nitrogens is 1. The molecule has 1 heterocycles. The van der Waals surface area contributed by atoms with E-state index in [2.05, 4.69) is 62.2 Å². The Balaban J connectivity index is 1.87. The third-order valence-corrected chi connectivity index (χ3v) is 5.45. The van der Waals surface area contributed by atoms with Crippen LogP contribution in [0.1, 0.15) is 42.7 Å². The van der Waals surface area contributed by atoms with E-state index < -0.39 is 0 Å². The summed E-state index contributed by atoms with van der Waals surface area (Å²) in [5, 5.41) is 3.90. The molecule has 0 radical (unpaired) electrons. The number of fused-ring (bicyclic) bond motifs is 3. The number of pyridine rings is 1. The molecule has 1 aliphatic rings. The van der Waals surface area contributed by atoms with E-state index in [0.29, 0.717) is 5.92 Å². The largest absolute Gasteiger partial charge is 0.255 e. The van der Waals surface area contributed by atoms with Gasteiger partial charge in [0.2, 0.25) is 0 Å². The summed E-state index contributed by atoms with van der Waals surface area (Å²) in [7, 11) is 0. The standard InChI is InChI=1S/C22H23N/c1-3-6-16-9-10-18(13-16)21-15(2)14-23-22-19-8-5-4-7-17(19)11-12-20(21)22/h3-5,7-8,11-12,14,16,18H,1,6,9-10,13H2,2H3. The quantitative estimate of drug-likeness (QED) is 0.417. The summed E-state index contributed by atoms with van der Waals surface area (Å²) in [4.78, 5) is 4.78. The second-order valence-corrected chi connectivity index (χ2v) is 6.94. The predicted molar refractivity (Wildman–Crippen MR) is 98.9 cm³/mol. The molecule has 0 bridgehead atoms. The second-order valence-electron chi connectivity index (χ2n) is 6.94. The lowest BCUT2D eigenvalue weighted by Gasteiger charge is -2.17. The number of rotatable bonds is 3. The third-order valence-electron chi connectivity index (χ3n) is 5.45. The highest BCUT2D eigenvalue weighted by Gasteiger charge is 2.27. The first kappa shape index (κ1) is 14.4. The van der Waals surface area contributed by atoms with E-state index in [9.17, 15) is 0 Å². The van der Waals surface area contributed by atoms with E-state index >= 15 is 0 Å². The van der Waals surface area contributed by atoms with E-state index in [1.165, 1.54) is 46.5 Å². The first-order valence-corrected chi connectivity index (χ1v) is 8.65. The van der Waals surface area contributed by atoms with Crippen LogP contribution >= 0.6 is 0 Å². The molecular formula is C22H23N. The van der Waals surface area contributed by atoms with Crippen LogP contribution in [-0.4, -0.2) is 4.98 Å². The van der Waals surface area contributed by atoms with Crippen molar-refractivity contribution in [3.05, 3.63) is 66.4 Å². The fourth-order valence-corrected chi connectivity index (χ4v) is 4.38. The van der Waals surface area contributed by atoms with E-state index in [1.807, 2.05) is 0 Å². The lowest BCUT2D eigenvalue weighted by Crippen LogP contribution is -2.01. The van der Waals surface area contributed by atoms with Crippen molar-refractivity contribution in [2.45, 2.75) is 38.5 Å². The van der Waals surface area contributed by atoms with Gasteiger partial charge in [-0.15, -0.1) is 6.58 Å². The Morgan fingerprint density at radius 2 is 2.00 bits per heavy atom. The zero-order valence-corrected chi connectivity index (χ0v) is 13.8. The SMILES string of the molecule is C=CCC1CCC(c2c(C)cnc3c2ccc2ccccc23)C1. The van der Waals surface area contributed by atoms with E-state index in [0.717, 1.165) is 17.9 Å². The molecule has 1 aromatic heterocycles. The number of hydrogen-bond acceptors (Lipinski definition) is 1. The van der Waals surface area contributed by atoms with Gasteiger partial charge in [-0.3, -0.25) is 4.98 Å². The molecule has 2 aromatic carbocycles. The van der Waals surface area contributed by atoms with Crippen LogP contribution in [0.5, 0.6) is 0 Å². The van der Waals surface area contributed by atoms with Gasteiger partial charge in [-0.2, -0.15) is 0 Å². The Kier molecular flexibility index (Phi) is 3.65. The summed E-state index contributed by atoms with van der Waals surface area (Å²) >= 11 is 0. The van der Waals surface area contributed by atoms with Crippen LogP contribution in [0.4, 0.5) is 0 Å². The Morgan fingerprint density at radius 3 is 2.87 bits per heavy atom. The van der Waals surface area contributed by atoms with Gasteiger partial charge in [0.15, 0.2) is 0 Å². The number of aryl methyl sites for hydroxylation is 1. The third kappa shape index (κ3) is 2.45. The van der Waals surface area contributed by atoms with Gasteiger partial charge in [-0.1, -0.05) is 42.5 Å². The van der Waals surface area contributed by atoms with Crippen molar-refractivity contribution in [3.8, 4) is 0 Å². The molecule has 3 aromatic rings. The summed E-state index contributed by atoms with van der Waals surface area (Å²) < 4.78 is 0. The van der Waals surface area contributed by atoms with Crippen molar-refractivity contribution in [2.24, 2.45) is 5.92 Å². The molecule has 0 spiro atoms. The molecule has 1 saturated carbocycles. The van der Waals surface area contributed by atoms with Gasteiger partial charge in [0.05, 0.1) is 5.52 Å². The van der Waals surface area contributed by atoms with Crippen LogP contribution in [0.25, 0.3) is 21.7 Å².